The van der Waals surface area contributed by atoms with Crippen LogP contribution in [0.25, 0.3) is 0 Å². The number of hydrogen-bond donors (Lipinski definition) is 1. The molecule has 2 rings (SSSR count). The first-order chi connectivity index (χ1) is 10.2. The summed E-state index contributed by atoms with van der Waals surface area (Å²) in [6.45, 7) is 7.87. The first kappa shape index (κ1) is 15.9. The maximum atomic E-state index is 13.6. The van der Waals surface area contributed by atoms with Crippen molar-refractivity contribution >= 4 is 16.7 Å². The topological polar surface area (TPSA) is 41.0 Å². The summed E-state index contributed by atoms with van der Waals surface area (Å²) >= 11 is 1.38. The number of anilines is 1. The Morgan fingerprint density at radius 2 is 2.10 bits per heavy atom. The molecule has 1 N–H and O–H groups in total. The van der Waals surface area contributed by atoms with Gasteiger partial charge in [-0.15, -0.1) is 0 Å². The molecule has 0 radical (unpaired) electrons. The summed E-state index contributed by atoms with van der Waals surface area (Å²) in [7, 11) is 0. The third-order valence-corrected chi connectivity index (χ3v) is 4.04. The Bertz CT molecular complexity index is 558. The highest BCUT2D eigenvalue weighted by Gasteiger charge is 2.12. The SMILES string of the molecule is CCNCCN(CC)c1nc(Cc2ccccc2F)ns1. The summed E-state index contributed by atoms with van der Waals surface area (Å²) in [5, 5.41) is 4.21. The van der Waals surface area contributed by atoms with E-state index in [1.165, 1.54) is 17.6 Å². The average molecular weight is 308 g/mol. The van der Waals surface area contributed by atoms with Crippen LogP contribution in [0.1, 0.15) is 25.2 Å². The lowest BCUT2D eigenvalue weighted by molar-refractivity contribution is 0.612. The van der Waals surface area contributed by atoms with Gasteiger partial charge in [0.15, 0.2) is 0 Å². The zero-order chi connectivity index (χ0) is 15.1. The van der Waals surface area contributed by atoms with Gasteiger partial charge in [-0.3, -0.25) is 0 Å². The minimum atomic E-state index is -0.201. The summed E-state index contributed by atoms with van der Waals surface area (Å²) in [5.74, 6) is 0.482. The molecule has 0 saturated carbocycles. The summed E-state index contributed by atoms with van der Waals surface area (Å²) in [5.41, 5.74) is 0.637. The van der Waals surface area contributed by atoms with E-state index in [1.807, 2.05) is 6.07 Å². The van der Waals surface area contributed by atoms with Crippen LogP contribution in [0.3, 0.4) is 0 Å². The van der Waals surface area contributed by atoms with Gasteiger partial charge in [-0.2, -0.15) is 4.37 Å². The van der Waals surface area contributed by atoms with Gasteiger partial charge in [0.1, 0.15) is 11.6 Å². The molecule has 0 aliphatic carbocycles. The lowest BCUT2D eigenvalue weighted by atomic mass is 10.1. The highest BCUT2D eigenvalue weighted by molar-refractivity contribution is 7.09. The van der Waals surface area contributed by atoms with Crippen molar-refractivity contribution in [3.05, 3.63) is 41.5 Å². The van der Waals surface area contributed by atoms with E-state index in [9.17, 15) is 4.39 Å². The van der Waals surface area contributed by atoms with Crippen molar-refractivity contribution in [2.24, 2.45) is 0 Å². The van der Waals surface area contributed by atoms with Crippen molar-refractivity contribution in [3.63, 3.8) is 0 Å². The fraction of sp³-hybridized carbons (Fsp3) is 0.467. The molecule has 4 nitrogen and oxygen atoms in total. The van der Waals surface area contributed by atoms with E-state index in [1.54, 1.807) is 12.1 Å². The second-order valence-electron chi connectivity index (χ2n) is 4.69. The number of nitrogens with zero attached hydrogens (tertiary/aromatic N) is 3. The maximum Gasteiger partial charge on any atom is 0.205 e. The number of nitrogens with one attached hydrogen (secondary N) is 1. The van der Waals surface area contributed by atoms with Crippen LogP contribution in [0.2, 0.25) is 0 Å². The molecule has 0 atom stereocenters. The highest BCUT2D eigenvalue weighted by atomic mass is 32.1. The molecule has 1 heterocycles. The molecule has 114 valence electrons. The molecule has 1 aromatic carbocycles. The van der Waals surface area contributed by atoms with Crippen molar-refractivity contribution in [3.8, 4) is 0 Å². The summed E-state index contributed by atoms with van der Waals surface area (Å²) in [6.07, 6.45) is 0.438. The van der Waals surface area contributed by atoms with E-state index in [4.69, 9.17) is 0 Å². The summed E-state index contributed by atoms with van der Waals surface area (Å²) in [4.78, 5) is 6.72. The normalized spacial score (nSPS) is 10.8. The fourth-order valence-electron chi connectivity index (χ4n) is 2.04. The van der Waals surface area contributed by atoms with E-state index in [0.29, 0.717) is 17.8 Å². The van der Waals surface area contributed by atoms with Crippen molar-refractivity contribution in [2.75, 3.05) is 31.1 Å². The molecular weight excluding hydrogens is 287 g/mol. The zero-order valence-electron chi connectivity index (χ0n) is 12.5. The Kier molecular flexibility index (Phi) is 6.07. The lowest BCUT2D eigenvalue weighted by Crippen LogP contribution is -2.31. The van der Waals surface area contributed by atoms with Gasteiger partial charge in [-0.1, -0.05) is 25.1 Å². The summed E-state index contributed by atoms with van der Waals surface area (Å²) in [6, 6.07) is 6.77. The van der Waals surface area contributed by atoms with Gasteiger partial charge in [-0.05, 0) is 25.1 Å². The quantitative estimate of drug-likeness (QED) is 0.761. The van der Waals surface area contributed by atoms with Crippen LogP contribution in [-0.2, 0) is 6.42 Å². The monoisotopic (exact) mass is 308 g/mol. The smallest absolute Gasteiger partial charge is 0.205 e. The number of halogens is 1. The van der Waals surface area contributed by atoms with Gasteiger partial charge < -0.3 is 10.2 Å². The molecule has 0 bridgehead atoms. The van der Waals surface area contributed by atoms with Gasteiger partial charge >= 0.3 is 0 Å². The van der Waals surface area contributed by atoms with Crippen LogP contribution in [0, 0.1) is 5.82 Å². The van der Waals surface area contributed by atoms with Crippen LogP contribution in [0.4, 0.5) is 9.52 Å². The zero-order valence-corrected chi connectivity index (χ0v) is 13.3. The molecule has 1 aromatic heterocycles. The predicted molar refractivity (Wildman–Crippen MR) is 85.5 cm³/mol. The second kappa shape index (κ2) is 8.05. The van der Waals surface area contributed by atoms with Crippen LogP contribution in [0.5, 0.6) is 0 Å². The van der Waals surface area contributed by atoms with Crippen molar-refractivity contribution < 1.29 is 4.39 Å². The van der Waals surface area contributed by atoms with E-state index < -0.39 is 0 Å². The van der Waals surface area contributed by atoms with Crippen molar-refractivity contribution in [1.82, 2.24) is 14.7 Å². The third-order valence-electron chi connectivity index (χ3n) is 3.22. The molecule has 2 aromatic rings. The van der Waals surface area contributed by atoms with E-state index >= 15 is 0 Å². The molecule has 21 heavy (non-hydrogen) atoms. The second-order valence-corrected chi connectivity index (χ2v) is 5.42. The molecule has 0 unspecified atom stereocenters. The molecule has 0 spiro atoms. The van der Waals surface area contributed by atoms with E-state index in [0.717, 1.165) is 31.3 Å². The van der Waals surface area contributed by atoms with Crippen LogP contribution >= 0.6 is 11.5 Å². The molecule has 0 aliphatic rings. The van der Waals surface area contributed by atoms with Crippen LogP contribution in [-0.4, -0.2) is 35.5 Å². The first-order valence-electron chi connectivity index (χ1n) is 7.26. The number of benzene rings is 1. The molecule has 0 aliphatic heterocycles. The number of hydrogen-bond acceptors (Lipinski definition) is 5. The number of likely N-dealkylation sites (N-methyl/N-ethyl adjacent to an activating group) is 2. The minimum absolute atomic E-state index is 0.201. The Morgan fingerprint density at radius 1 is 1.29 bits per heavy atom. The number of aromatic nitrogens is 2. The lowest BCUT2D eigenvalue weighted by Gasteiger charge is -2.18. The average Bonchev–Trinajstić information content (AvgIpc) is 2.94. The molecular formula is C15H21FN4S. The maximum absolute atomic E-state index is 13.6. The Morgan fingerprint density at radius 3 is 2.81 bits per heavy atom. The van der Waals surface area contributed by atoms with Gasteiger partial charge in [0.2, 0.25) is 5.13 Å². The van der Waals surface area contributed by atoms with E-state index in [2.05, 4.69) is 33.4 Å². The Labute approximate surface area is 129 Å². The molecule has 0 fully saturated rings. The molecule has 6 heteroatoms. The number of rotatable bonds is 8. The largest absolute Gasteiger partial charge is 0.346 e. The highest BCUT2D eigenvalue weighted by Crippen LogP contribution is 2.19. The van der Waals surface area contributed by atoms with Gasteiger partial charge in [-0.25, -0.2) is 9.37 Å². The Balaban J connectivity index is 2.01. The van der Waals surface area contributed by atoms with E-state index in [-0.39, 0.29) is 5.82 Å². The predicted octanol–water partition coefficient (Wildman–Crippen LogP) is 2.70. The van der Waals surface area contributed by atoms with Crippen LogP contribution in [0.15, 0.2) is 24.3 Å². The minimum Gasteiger partial charge on any atom is -0.346 e. The van der Waals surface area contributed by atoms with Gasteiger partial charge in [0, 0.05) is 37.6 Å². The Hall–Kier alpha value is -1.53. The third kappa shape index (κ3) is 4.47. The van der Waals surface area contributed by atoms with Crippen molar-refractivity contribution in [1.29, 1.82) is 0 Å². The first-order valence-corrected chi connectivity index (χ1v) is 8.03. The van der Waals surface area contributed by atoms with Crippen molar-refractivity contribution in [2.45, 2.75) is 20.3 Å². The molecule has 0 saturated heterocycles. The van der Waals surface area contributed by atoms with Gasteiger partial charge in [0.25, 0.3) is 0 Å². The summed E-state index contributed by atoms with van der Waals surface area (Å²) < 4.78 is 18.0. The standard InChI is InChI=1S/C15H21FN4S/c1-3-17-9-10-20(4-2)15-18-14(19-21-15)11-12-7-5-6-8-13(12)16/h5-8,17H,3-4,9-11H2,1-2H3. The van der Waals surface area contributed by atoms with Crippen LogP contribution < -0.4 is 10.2 Å². The molecule has 0 amide bonds. The fourth-order valence-corrected chi connectivity index (χ4v) is 2.81. The van der Waals surface area contributed by atoms with Gasteiger partial charge in [0.05, 0.1) is 0 Å².